The van der Waals surface area contributed by atoms with Crippen LogP contribution in [0.25, 0.3) is 98.5 Å². The molecule has 12 rings (SSSR count). The lowest BCUT2D eigenvalue weighted by molar-refractivity contribution is 0.669. The second-order valence-electron chi connectivity index (χ2n) is 15.4. The Morgan fingerprint density at radius 2 is 1.10 bits per heavy atom. The molecule has 3 heterocycles. The molecular formula is C54H35N3OS. The van der Waals surface area contributed by atoms with Gasteiger partial charge in [0.05, 0.1) is 0 Å². The first-order valence-corrected chi connectivity index (χ1v) is 21.0. The molecule has 1 atom stereocenters. The van der Waals surface area contributed by atoms with E-state index in [1.165, 1.54) is 53.6 Å². The lowest BCUT2D eigenvalue weighted by atomic mass is 9.84. The first-order chi connectivity index (χ1) is 29.2. The third-order valence-electron chi connectivity index (χ3n) is 12.0. The zero-order chi connectivity index (χ0) is 38.9. The molecule has 59 heavy (non-hydrogen) atoms. The summed E-state index contributed by atoms with van der Waals surface area (Å²) >= 11 is 1.80. The number of rotatable bonds is 5. The molecule has 8 aromatic carbocycles. The summed E-state index contributed by atoms with van der Waals surface area (Å²) in [6.07, 6.45) is 2.12. The highest BCUT2D eigenvalue weighted by molar-refractivity contribution is 7.25. The van der Waals surface area contributed by atoms with Crippen molar-refractivity contribution in [1.82, 2.24) is 15.0 Å². The molecule has 0 fully saturated rings. The van der Waals surface area contributed by atoms with Crippen LogP contribution in [0.15, 0.2) is 186 Å². The molecule has 5 heteroatoms. The van der Waals surface area contributed by atoms with E-state index in [-0.39, 0.29) is 0 Å². The molecule has 0 N–H and O–H groups in total. The van der Waals surface area contributed by atoms with Gasteiger partial charge in [0.1, 0.15) is 11.2 Å². The van der Waals surface area contributed by atoms with Gasteiger partial charge in [0, 0.05) is 53.6 Å². The van der Waals surface area contributed by atoms with Crippen LogP contribution in [0, 0.1) is 0 Å². The number of aromatic nitrogens is 3. The molecule has 0 bridgehead atoms. The number of furan rings is 1. The van der Waals surface area contributed by atoms with Crippen LogP contribution in [0.5, 0.6) is 0 Å². The van der Waals surface area contributed by atoms with E-state index in [2.05, 4.69) is 152 Å². The van der Waals surface area contributed by atoms with Gasteiger partial charge in [-0.25, -0.2) is 15.0 Å². The molecule has 0 spiro atoms. The molecule has 0 saturated carbocycles. The van der Waals surface area contributed by atoms with E-state index in [9.17, 15) is 0 Å². The van der Waals surface area contributed by atoms with Crippen molar-refractivity contribution in [1.29, 1.82) is 0 Å². The van der Waals surface area contributed by atoms with E-state index < -0.39 is 0 Å². The average Bonchev–Trinajstić information content (AvgIpc) is 3.83. The summed E-state index contributed by atoms with van der Waals surface area (Å²) in [5, 5.41) is 4.39. The highest BCUT2D eigenvalue weighted by Gasteiger charge is 2.25. The summed E-state index contributed by atoms with van der Waals surface area (Å²) in [4.78, 5) is 15.7. The third-order valence-corrected chi connectivity index (χ3v) is 13.2. The van der Waals surface area contributed by atoms with Crippen molar-refractivity contribution in [2.24, 2.45) is 0 Å². The van der Waals surface area contributed by atoms with Crippen LogP contribution in [-0.2, 0) is 6.42 Å². The van der Waals surface area contributed by atoms with Crippen LogP contribution >= 0.6 is 11.3 Å². The number of benzene rings is 8. The maximum absolute atomic E-state index is 6.58. The number of nitrogens with zero attached hydrogens (tertiary/aromatic N) is 3. The van der Waals surface area contributed by atoms with Crippen LogP contribution in [-0.4, -0.2) is 15.0 Å². The first-order valence-electron chi connectivity index (χ1n) is 20.2. The zero-order valence-electron chi connectivity index (χ0n) is 32.0. The monoisotopic (exact) mass is 773 g/mol. The Kier molecular flexibility index (Phi) is 7.88. The minimum absolute atomic E-state index is 0.326. The number of thiophene rings is 1. The van der Waals surface area contributed by atoms with Crippen LogP contribution in [0.2, 0.25) is 0 Å². The largest absolute Gasteiger partial charge is 0.456 e. The molecule has 0 radical (unpaired) electrons. The summed E-state index contributed by atoms with van der Waals surface area (Å²) < 4.78 is 9.03. The fraction of sp³-hybridized carbons (Fsp3) is 0.0556. The van der Waals surface area contributed by atoms with E-state index in [0.29, 0.717) is 23.4 Å². The molecule has 0 saturated heterocycles. The topological polar surface area (TPSA) is 51.8 Å². The fourth-order valence-electron chi connectivity index (χ4n) is 9.25. The Balaban J connectivity index is 1.04. The quantitative estimate of drug-likeness (QED) is 0.175. The summed E-state index contributed by atoms with van der Waals surface area (Å²) in [5.74, 6) is 2.21. The van der Waals surface area contributed by atoms with Gasteiger partial charge in [0.15, 0.2) is 17.5 Å². The summed E-state index contributed by atoms with van der Waals surface area (Å²) in [7, 11) is 0. The van der Waals surface area contributed by atoms with E-state index in [4.69, 9.17) is 19.4 Å². The zero-order valence-corrected chi connectivity index (χ0v) is 32.8. The molecule has 278 valence electrons. The number of fused-ring (bicyclic) bond motifs is 9. The molecule has 1 unspecified atom stereocenters. The van der Waals surface area contributed by atoms with Gasteiger partial charge in [-0.15, -0.1) is 11.3 Å². The Labute approximate surface area is 345 Å². The van der Waals surface area contributed by atoms with Crippen molar-refractivity contribution in [3.05, 3.63) is 199 Å². The SMILES string of the molecule is c1ccc(-c2nc(-c3cccc4oc5ccc(-c6ccc7c(c6)-c6ccccc6CCC7c6ccccc6)cc5c34)nc(-c3cccc4sc5ccccc5c34)n2)cc1. The van der Waals surface area contributed by atoms with E-state index in [1.807, 2.05) is 30.3 Å². The standard InChI is InChI=1S/C54H35N3OS/c1-3-13-33(14-4-1)39-28-25-34-15-7-8-18-38(34)44-31-36(26-29-40(39)44)37-27-30-46-45(32-37)50-42(20-11-22-47(50)58-46)53-55-52(35-16-5-2-6-17-35)56-54(57-53)43-21-12-24-49-51(43)41-19-9-10-23-48(41)59-49/h1-24,26-27,29-32,39H,25,28H2. The summed E-state index contributed by atoms with van der Waals surface area (Å²) in [6.45, 7) is 0. The van der Waals surface area contributed by atoms with Gasteiger partial charge >= 0.3 is 0 Å². The molecule has 4 nitrogen and oxygen atoms in total. The van der Waals surface area contributed by atoms with Crippen molar-refractivity contribution in [3.8, 4) is 56.4 Å². The fourth-order valence-corrected chi connectivity index (χ4v) is 10.4. The lowest BCUT2D eigenvalue weighted by Gasteiger charge is -2.19. The first kappa shape index (κ1) is 33.9. The minimum Gasteiger partial charge on any atom is -0.456 e. The molecular weight excluding hydrogens is 739 g/mol. The van der Waals surface area contributed by atoms with Crippen LogP contribution in [0.4, 0.5) is 0 Å². The van der Waals surface area contributed by atoms with Gasteiger partial charge < -0.3 is 4.42 Å². The number of hydrogen-bond acceptors (Lipinski definition) is 5. The molecule has 1 aliphatic carbocycles. The molecule has 1 aliphatic rings. The minimum atomic E-state index is 0.326. The van der Waals surface area contributed by atoms with Crippen LogP contribution < -0.4 is 0 Å². The average molecular weight is 774 g/mol. The summed E-state index contributed by atoms with van der Waals surface area (Å²) in [6, 6.07) is 64.9. The Morgan fingerprint density at radius 3 is 1.97 bits per heavy atom. The van der Waals surface area contributed by atoms with Crippen molar-refractivity contribution in [2.75, 3.05) is 0 Å². The predicted molar refractivity (Wildman–Crippen MR) is 244 cm³/mol. The van der Waals surface area contributed by atoms with Crippen LogP contribution in [0.1, 0.15) is 29.0 Å². The van der Waals surface area contributed by atoms with Crippen LogP contribution in [0.3, 0.4) is 0 Å². The predicted octanol–water partition coefficient (Wildman–Crippen LogP) is 14.6. The second-order valence-corrected chi connectivity index (χ2v) is 16.5. The van der Waals surface area contributed by atoms with Gasteiger partial charge in [0.2, 0.25) is 0 Å². The van der Waals surface area contributed by atoms with Gasteiger partial charge in [-0.3, -0.25) is 0 Å². The molecule has 3 aromatic heterocycles. The van der Waals surface area contributed by atoms with Gasteiger partial charge in [-0.05, 0) is 88.2 Å². The van der Waals surface area contributed by atoms with Crippen molar-refractivity contribution in [3.63, 3.8) is 0 Å². The Hall–Kier alpha value is -7.21. The van der Waals surface area contributed by atoms with Gasteiger partial charge in [-0.2, -0.15) is 0 Å². The molecule has 11 aromatic rings. The molecule has 0 amide bonds. The second kappa shape index (κ2) is 13.7. The maximum Gasteiger partial charge on any atom is 0.164 e. The van der Waals surface area contributed by atoms with Crippen molar-refractivity contribution >= 4 is 53.4 Å². The lowest BCUT2D eigenvalue weighted by Crippen LogP contribution is -2.02. The van der Waals surface area contributed by atoms with E-state index >= 15 is 0 Å². The smallest absolute Gasteiger partial charge is 0.164 e. The van der Waals surface area contributed by atoms with E-state index in [1.54, 1.807) is 11.3 Å². The highest BCUT2D eigenvalue weighted by atomic mass is 32.1. The summed E-state index contributed by atoms with van der Waals surface area (Å²) in [5.41, 5.74) is 13.5. The number of aryl methyl sites for hydroxylation is 1. The Bertz CT molecular complexity index is 3400. The highest BCUT2D eigenvalue weighted by Crippen LogP contribution is 2.45. The van der Waals surface area contributed by atoms with Gasteiger partial charge in [-0.1, -0.05) is 146 Å². The van der Waals surface area contributed by atoms with Crippen molar-refractivity contribution < 1.29 is 4.42 Å². The number of hydrogen-bond donors (Lipinski definition) is 0. The maximum atomic E-state index is 6.58. The normalized spacial score (nSPS) is 13.8. The molecule has 0 aliphatic heterocycles. The third kappa shape index (κ3) is 5.69. The van der Waals surface area contributed by atoms with Gasteiger partial charge in [0.25, 0.3) is 0 Å². The Morgan fingerprint density at radius 1 is 0.441 bits per heavy atom. The van der Waals surface area contributed by atoms with Crippen molar-refractivity contribution in [2.45, 2.75) is 18.8 Å². The van der Waals surface area contributed by atoms with E-state index in [0.717, 1.165) is 57.0 Å².